The van der Waals surface area contributed by atoms with Crippen molar-refractivity contribution >= 4 is 0 Å². The van der Waals surface area contributed by atoms with Gasteiger partial charge in [-0.2, -0.15) is 48.3 Å². The Hall–Kier alpha value is -0.770. The van der Waals surface area contributed by atoms with Crippen LogP contribution in [0.25, 0.3) is 0 Å². The van der Waals surface area contributed by atoms with Crippen LogP contribution in [0.15, 0.2) is 0 Å². The van der Waals surface area contributed by atoms with E-state index in [1.165, 1.54) is 0 Å². The maximum atomic E-state index is 13.2. The van der Waals surface area contributed by atoms with Gasteiger partial charge in [0.2, 0.25) is 0 Å². The first kappa shape index (κ1) is 22.2. The third-order valence-electron chi connectivity index (χ3n) is 3.09. The van der Waals surface area contributed by atoms with Crippen LogP contribution in [0.1, 0.15) is 38.5 Å². The normalized spacial score (nSPS) is 15.1. The van der Waals surface area contributed by atoms with Gasteiger partial charge in [-0.3, -0.25) is 0 Å². The highest BCUT2D eigenvalue weighted by atomic mass is 19.4. The first-order chi connectivity index (χ1) is 10.1. The van der Waals surface area contributed by atoms with Crippen molar-refractivity contribution in [1.82, 2.24) is 0 Å². The minimum Gasteiger partial charge on any atom is -0.200 e. The Morgan fingerprint density at radius 1 is 0.522 bits per heavy atom. The lowest BCUT2D eigenvalue weighted by Crippen LogP contribution is -2.66. The molecule has 0 heterocycles. The fourth-order valence-electron chi connectivity index (χ4n) is 1.64. The Morgan fingerprint density at radius 2 is 0.957 bits per heavy atom. The van der Waals surface area contributed by atoms with Gasteiger partial charge < -0.3 is 0 Å². The van der Waals surface area contributed by atoms with E-state index in [4.69, 9.17) is 0 Å². The smallest absolute Gasteiger partial charge is 0.200 e. The molecule has 0 bridgehead atoms. The van der Waals surface area contributed by atoms with E-state index in [9.17, 15) is 48.3 Å². The molecule has 0 atom stereocenters. The zero-order valence-corrected chi connectivity index (χ0v) is 11.6. The molecular formula is C12H14F11. The van der Waals surface area contributed by atoms with Gasteiger partial charge in [0, 0.05) is 6.42 Å². The Kier molecular flexibility index (Phi) is 6.77. The Balaban J connectivity index is 5.26. The lowest BCUT2D eigenvalue weighted by atomic mass is 9.94. The molecule has 0 unspecified atom stereocenters. The van der Waals surface area contributed by atoms with Gasteiger partial charge in [0.25, 0.3) is 0 Å². The van der Waals surface area contributed by atoms with Gasteiger partial charge in [0.05, 0.1) is 0 Å². The number of rotatable bonds is 9. The van der Waals surface area contributed by atoms with Crippen LogP contribution in [-0.4, -0.2) is 29.9 Å². The molecule has 0 amide bonds. The monoisotopic (exact) mass is 367 g/mol. The fourth-order valence-corrected chi connectivity index (χ4v) is 1.64. The second-order valence-corrected chi connectivity index (χ2v) is 4.94. The van der Waals surface area contributed by atoms with Crippen molar-refractivity contribution in [2.75, 3.05) is 0 Å². The molecule has 0 nitrogen and oxygen atoms in total. The minimum atomic E-state index is -7.30. The van der Waals surface area contributed by atoms with Crippen molar-refractivity contribution in [2.45, 2.75) is 68.4 Å². The predicted molar refractivity (Wildman–Crippen MR) is 58.9 cm³/mol. The van der Waals surface area contributed by atoms with Crippen LogP contribution in [-0.2, 0) is 0 Å². The topological polar surface area (TPSA) is 0 Å². The van der Waals surface area contributed by atoms with E-state index in [1.807, 2.05) is 0 Å². The number of hydrogen-bond acceptors (Lipinski definition) is 0. The van der Waals surface area contributed by atoms with E-state index in [-0.39, 0.29) is 12.8 Å². The highest BCUT2D eigenvalue weighted by Crippen LogP contribution is 2.58. The molecule has 11 heteroatoms. The molecule has 0 aromatic carbocycles. The van der Waals surface area contributed by atoms with E-state index in [0.29, 0.717) is 12.8 Å². The molecule has 0 aliphatic heterocycles. The maximum absolute atomic E-state index is 13.2. The number of alkyl halides is 11. The van der Waals surface area contributed by atoms with Gasteiger partial charge in [-0.25, -0.2) is 0 Å². The average molecular weight is 367 g/mol. The standard InChI is InChI=1S/C12H14F11/c1-2-3-4-5-6-7-8(13,14)9(15,16)10(17,18)11(19,20)12(21,22)23/h1-7H2. The van der Waals surface area contributed by atoms with Gasteiger partial charge in [0.1, 0.15) is 0 Å². The van der Waals surface area contributed by atoms with Crippen LogP contribution in [0.3, 0.4) is 0 Å². The zero-order chi connectivity index (χ0) is 18.7. The van der Waals surface area contributed by atoms with Crippen LogP contribution in [0.5, 0.6) is 0 Å². The van der Waals surface area contributed by atoms with Crippen molar-refractivity contribution in [3.8, 4) is 0 Å². The van der Waals surface area contributed by atoms with Gasteiger partial charge in [-0.15, -0.1) is 0 Å². The lowest BCUT2D eigenvalue weighted by Gasteiger charge is -2.37. The van der Waals surface area contributed by atoms with Crippen LogP contribution in [0.4, 0.5) is 48.3 Å². The summed E-state index contributed by atoms with van der Waals surface area (Å²) in [4.78, 5) is 0. The van der Waals surface area contributed by atoms with Crippen LogP contribution in [0.2, 0.25) is 0 Å². The first-order valence-electron chi connectivity index (χ1n) is 6.43. The van der Waals surface area contributed by atoms with Crippen molar-refractivity contribution in [1.29, 1.82) is 0 Å². The second kappa shape index (κ2) is 7.00. The lowest BCUT2D eigenvalue weighted by molar-refractivity contribution is -0.422. The van der Waals surface area contributed by atoms with E-state index in [0.717, 1.165) is 0 Å². The van der Waals surface area contributed by atoms with Crippen LogP contribution >= 0.6 is 0 Å². The van der Waals surface area contributed by atoms with E-state index >= 15 is 0 Å². The molecule has 0 aliphatic carbocycles. The van der Waals surface area contributed by atoms with Crippen LogP contribution in [0, 0.1) is 6.92 Å². The largest absolute Gasteiger partial charge is 0.460 e. The van der Waals surface area contributed by atoms with Gasteiger partial charge >= 0.3 is 29.9 Å². The highest BCUT2D eigenvalue weighted by Gasteiger charge is 2.86. The second-order valence-electron chi connectivity index (χ2n) is 4.94. The van der Waals surface area contributed by atoms with E-state index in [2.05, 4.69) is 6.92 Å². The van der Waals surface area contributed by atoms with E-state index in [1.54, 1.807) is 0 Å². The molecule has 0 rings (SSSR count). The summed E-state index contributed by atoms with van der Waals surface area (Å²) in [5, 5.41) is 0. The molecular weight excluding hydrogens is 353 g/mol. The summed E-state index contributed by atoms with van der Waals surface area (Å²) >= 11 is 0. The summed E-state index contributed by atoms with van der Waals surface area (Å²) in [6, 6.07) is 0. The van der Waals surface area contributed by atoms with Crippen LogP contribution < -0.4 is 0 Å². The SMILES string of the molecule is [CH2]CCCCCCC(F)(F)C(F)(F)C(F)(F)C(F)(F)C(F)(F)F. The van der Waals surface area contributed by atoms with Gasteiger partial charge in [-0.1, -0.05) is 32.6 Å². The number of halogens is 11. The Labute approximate surface area is 125 Å². The molecule has 0 aromatic heterocycles. The molecule has 1 radical (unpaired) electrons. The molecule has 0 saturated carbocycles. The fraction of sp³-hybridized carbons (Fsp3) is 0.917. The van der Waals surface area contributed by atoms with Crippen molar-refractivity contribution < 1.29 is 48.3 Å². The predicted octanol–water partition coefficient (Wildman–Crippen LogP) is 6.26. The molecule has 139 valence electrons. The number of hydrogen-bond donors (Lipinski definition) is 0. The van der Waals surface area contributed by atoms with E-state index < -0.39 is 42.7 Å². The highest BCUT2D eigenvalue weighted by molar-refractivity contribution is 5.06. The number of unbranched alkanes of at least 4 members (excludes halogenated alkanes) is 4. The third-order valence-corrected chi connectivity index (χ3v) is 3.09. The van der Waals surface area contributed by atoms with Crippen molar-refractivity contribution in [3.63, 3.8) is 0 Å². The van der Waals surface area contributed by atoms with Crippen molar-refractivity contribution in [3.05, 3.63) is 6.92 Å². The summed E-state index contributed by atoms with van der Waals surface area (Å²) in [6.45, 7) is 3.40. The summed E-state index contributed by atoms with van der Waals surface area (Å²) in [7, 11) is 0. The third kappa shape index (κ3) is 4.20. The van der Waals surface area contributed by atoms with Crippen molar-refractivity contribution in [2.24, 2.45) is 0 Å². The van der Waals surface area contributed by atoms with Gasteiger partial charge in [0.15, 0.2) is 0 Å². The van der Waals surface area contributed by atoms with Gasteiger partial charge in [-0.05, 0) is 6.42 Å². The molecule has 0 saturated heterocycles. The zero-order valence-electron chi connectivity index (χ0n) is 11.6. The summed E-state index contributed by atoms with van der Waals surface area (Å²) in [5.74, 6) is -27.2. The maximum Gasteiger partial charge on any atom is 0.460 e. The summed E-state index contributed by atoms with van der Waals surface area (Å²) in [6.07, 6.45) is -8.81. The molecule has 23 heavy (non-hydrogen) atoms. The molecule has 0 spiro atoms. The quantitative estimate of drug-likeness (QED) is 0.333. The first-order valence-corrected chi connectivity index (χ1v) is 6.43. The Morgan fingerprint density at radius 3 is 1.35 bits per heavy atom. The summed E-state index contributed by atoms with van der Waals surface area (Å²) < 4.78 is 139. The molecule has 0 aromatic rings. The molecule has 0 fully saturated rings. The molecule has 0 N–H and O–H groups in total. The average Bonchev–Trinajstić information content (AvgIpc) is 2.36. The summed E-state index contributed by atoms with van der Waals surface area (Å²) in [5.41, 5.74) is 0. The Bertz CT molecular complexity index is 370. The molecule has 0 aliphatic rings. The minimum absolute atomic E-state index is 0.109.